The maximum Gasteiger partial charge on any atom is 0.336 e. The molecule has 0 N–H and O–H groups in total. The number of para-hydroxylation sites is 1. The second-order valence-electron chi connectivity index (χ2n) is 8.13. The molecule has 0 radical (unpaired) electrons. The van der Waals surface area contributed by atoms with Crippen LogP contribution in [0.2, 0.25) is 0 Å². The number of aryl methyl sites for hydroxylation is 1. The molecule has 7 heteroatoms. The molecule has 2 aromatic heterocycles. The molecule has 0 fully saturated rings. The lowest BCUT2D eigenvalue weighted by Crippen LogP contribution is -2.28. The van der Waals surface area contributed by atoms with Crippen molar-refractivity contribution in [1.82, 2.24) is 14.5 Å². The lowest BCUT2D eigenvalue weighted by molar-refractivity contribution is 0.290. The van der Waals surface area contributed by atoms with Crippen molar-refractivity contribution in [3.63, 3.8) is 0 Å². The summed E-state index contributed by atoms with van der Waals surface area (Å²) in [5, 5.41) is 2.21. The van der Waals surface area contributed by atoms with Gasteiger partial charge in [-0.2, -0.15) is 0 Å². The van der Waals surface area contributed by atoms with Crippen LogP contribution in [0.15, 0.2) is 67.7 Å². The summed E-state index contributed by atoms with van der Waals surface area (Å²) in [5.41, 5.74) is 2.80. The quantitative estimate of drug-likeness (QED) is 0.201. The van der Waals surface area contributed by atoms with Gasteiger partial charge in [-0.05, 0) is 62.3 Å². The minimum atomic E-state index is -0.369. The molecule has 0 saturated carbocycles. The summed E-state index contributed by atoms with van der Waals surface area (Å²) in [6.45, 7) is 9.79. The Hall–Kier alpha value is -2.90. The maximum absolute atomic E-state index is 13.3. The van der Waals surface area contributed by atoms with E-state index in [-0.39, 0.29) is 11.2 Å². The van der Waals surface area contributed by atoms with E-state index < -0.39 is 0 Å². The number of thioether (sulfide) groups is 1. The number of nitrogens with zero attached hydrogens (tertiary/aromatic N) is 3. The first-order chi connectivity index (χ1) is 16.0. The molecular weight excluding hydrogens is 434 g/mol. The number of fused-ring (bicyclic) bond motifs is 2. The van der Waals surface area contributed by atoms with Gasteiger partial charge in [-0.1, -0.05) is 49.9 Å². The van der Waals surface area contributed by atoms with E-state index in [2.05, 4.69) is 18.7 Å². The fraction of sp³-hybridized carbons (Fsp3) is 0.346. The topological polar surface area (TPSA) is 68.3 Å². The molecule has 33 heavy (non-hydrogen) atoms. The van der Waals surface area contributed by atoms with E-state index in [0.717, 1.165) is 42.6 Å². The van der Waals surface area contributed by atoms with Gasteiger partial charge in [0.1, 0.15) is 5.58 Å². The highest BCUT2D eigenvalue weighted by molar-refractivity contribution is 7.98. The van der Waals surface area contributed by atoms with E-state index in [1.165, 1.54) is 17.8 Å². The van der Waals surface area contributed by atoms with Gasteiger partial charge in [0.15, 0.2) is 5.16 Å². The Kier molecular flexibility index (Phi) is 7.30. The highest BCUT2D eigenvalue weighted by Crippen LogP contribution is 2.26. The number of aromatic nitrogens is 2. The Morgan fingerprint density at radius 2 is 1.82 bits per heavy atom. The Bertz CT molecular complexity index is 1390. The summed E-state index contributed by atoms with van der Waals surface area (Å²) in [7, 11) is 0. The van der Waals surface area contributed by atoms with Gasteiger partial charge in [-0.25, -0.2) is 9.78 Å². The minimum absolute atomic E-state index is 0.0179. The van der Waals surface area contributed by atoms with E-state index in [1.807, 2.05) is 49.4 Å². The molecule has 0 aliphatic heterocycles. The molecule has 4 rings (SSSR count). The number of benzene rings is 2. The zero-order valence-corrected chi connectivity index (χ0v) is 20.2. The highest BCUT2D eigenvalue weighted by atomic mass is 32.2. The fourth-order valence-electron chi connectivity index (χ4n) is 4.05. The van der Waals surface area contributed by atoms with Crippen molar-refractivity contribution < 1.29 is 4.42 Å². The van der Waals surface area contributed by atoms with Crippen LogP contribution < -0.4 is 11.2 Å². The largest absolute Gasteiger partial charge is 0.423 e. The van der Waals surface area contributed by atoms with Crippen LogP contribution in [0.3, 0.4) is 0 Å². The predicted molar refractivity (Wildman–Crippen MR) is 135 cm³/mol. The van der Waals surface area contributed by atoms with E-state index in [0.29, 0.717) is 33.9 Å². The number of hydrogen-bond acceptors (Lipinski definition) is 6. The van der Waals surface area contributed by atoms with Crippen LogP contribution in [0, 0.1) is 6.92 Å². The second-order valence-corrected chi connectivity index (χ2v) is 9.07. The molecule has 0 spiro atoms. The molecule has 0 aliphatic carbocycles. The Labute approximate surface area is 197 Å². The first-order valence-electron chi connectivity index (χ1n) is 11.4. The van der Waals surface area contributed by atoms with Gasteiger partial charge in [0, 0.05) is 23.8 Å². The predicted octanol–water partition coefficient (Wildman–Crippen LogP) is 4.84. The number of hydrogen-bond donors (Lipinski definition) is 0. The molecule has 0 atom stereocenters. The normalized spacial score (nSPS) is 11.6. The van der Waals surface area contributed by atoms with Gasteiger partial charge in [0.2, 0.25) is 0 Å². The zero-order chi connectivity index (χ0) is 23.4. The van der Waals surface area contributed by atoms with Crippen LogP contribution >= 0.6 is 11.8 Å². The maximum atomic E-state index is 13.3. The second kappa shape index (κ2) is 10.4. The average molecular weight is 464 g/mol. The number of rotatable bonds is 9. The Balaban J connectivity index is 1.67. The van der Waals surface area contributed by atoms with Crippen molar-refractivity contribution in [3.8, 4) is 0 Å². The molecule has 172 valence electrons. The summed E-state index contributed by atoms with van der Waals surface area (Å²) in [5.74, 6) is 0.520. The van der Waals surface area contributed by atoms with Crippen molar-refractivity contribution >= 4 is 33.6 Å². The molecule has 0 aliphatic rings. The monoisotopic (exact) mass is 463 g/mol. The van der Waals surface area contributed by atoms with Crippen LogP contribution in [-0.4, -0.2) is 34.1 Å². The third-order valence-corrected chi connectivity index (χ3v) is 6.94. The van der Waals surface area contributed by atoms with Crippen LogP contribution in [-0.2, 0) is 12.3 Å². The first-order valence-corrected chi connectivity index (χ1v) is 12.4. The van der Waals surface area contributed by atoms with Gasteiger partial charge in [-0.3, -0.25) is 9.36 Å². The summed E-state index contributed by atoms with van der Waals surface area (Å²) >= 11 is 1.48. The molecule has 6 nitrogen and oxygen atoms in total. The van der Waals surface area contributed by atoms with E-state index in [4.69, 9.17) is 9.40 Å². The summed E-state index contributed by atoms with van der Waals surface area (Å²) in [6, 6.07) is 14.9. The zero-order valence-electron chi connectivity index (χ0n) is 19.3. The van der Waals surface area contributed by atoms with E-state index in [1.54, 1.807) is 4.57 Å². The van der Waals surface area contributed by atoms with Gasteiger partial charge < -0.3 is 9.32 Å². The highest BCUT2D eigenvalue weighted by Gasteiger charge is 2.14. The molecule has 0 unspecified atom stereocenters. The van der Waals surface area contributed by atoms with E-state index >= 15 is 0 Å². The molecule has 0 bridgehead atoms. The molecule has 4 aromatic rings. The van der Waals surface area contributed by atoms with Crippen molar-refractivity contribution in [2.24, 2.45) is 0 Å². The van der Waals surface area contributed by atoms with Crippen LogP contribution in [0.1, 0.15) is 31.4 Å². The molecule has 2 aromatic carbocycles. The van der Waals surface area contributed by atoms with Crippen LogP contribution in [0.4, 0.5) is 0 Å². The standard InChI is InChI=1S/C26H29N3O3S/c1-4-28(5-2)13-8-14-29-25(31)21-9-6-7-10-22(21)27-26(29)33-17-19-16-24(30)32-23-15-18(3)11-12-20(19)23/h6-7,9-12,15-16H,4-5,8,13-14,17H2,1-3H3. The molecular formula is C26H29N3O3S. The lowest BCUT2D eigenvalue weighted by Gasteiger charge is -2.19. The summed E-state index contributed by atoms with van der Waals surface area (Å²) in [6.07, 6.45) is 0.867. The SMILES string of the molecule is CCN(CC)CCCn1c(SCc2cc(=O)oc3cc(C)ccc23)nc2ccccc2c1=O. The molecule has 0 saturated heterocycles. The van der Waals surface area contributed by atoms with Crippen molar-refractivity contribution in [3.05, 3.63) is 80.4 Å². The third kappa shape index (κ3) is 5.20. The van der Waals surface area contributed by atoms with Crippen LogP contribution in [0.25, 0.3) is 21.9 Å². The van der Waals surface area contributed by atoms with Crippen molar-refractivity contribution in [2.45, 2.75) is 44.6 Å². The lowest BCUT2D eigenvalue weighted by atomic mass is 10.1. The average Bonchev–Trinajstić information content (AvgIpc) is 2.81. The molecule has 2 heterocycles. The molecule has 0 amide bonds. The fourth-order valence-corrected chi connectivity index (χ4v) is 5.06. The van der Waals surface area contributed by atoms with Gasteiger partial charge >= 0.3 is 5.63 Å². The summed E-state index contributed by atoms with van der Waals surface area (Å²) < 4.78 is 7.18. The smallest absolute Gasteiger partial charge is 0.336 e. The van der Waals surface area contributed by atoms with Crippen molar-refractivity contribution in [1.29, 1.82) is 0 Å². The van der Waals surface area contributed by atoms with Gasteiger partial charge in [0.25, 0.3) is 5.56 Å². The van der Waals surface area contributed by atoms with Gasteiger partial charge in [-0.15, -0.1) is 0 Å². The Morgan fingerprint density at radius 1 is 1.03 bits per heavy atom. The van der Waals surface area contributed by atoms with Gasteiger partial charge in [0.05, 0.1) is 10.9 Å². The first kappa shape index (κ1) is 23.3. The van der Waals surface area contributed by atoms with Crippen LogP contribution in [0.5, 0.6) is 0 Å². The van der Waals surface area contributed by atoms with E-state index in [9.17, 15) is 9.59 Å². The Morgan fingerprint density at radius 3 is 2.61 bits per heavy atom. The minimum Gasteiger partial charge on any atom is -0.423 e. The summed E-state index contributed by atoms with van der Waals surface area (Å²) in [4.78, 5) is 32.6. The third-order valence-electron chi connectivity index (χ3n) is 5.92. The van der Waals surface area contributed by atoms with Crippen molar-refractivity contribution in [2.75, 3.05) is 19.6 Å².